The third-order valence-electron chi connectivity index (χ3n) is 4.24. The summed E-state index contributed by atoms with van der Waals surface area (Å²) in [4.78, 5) is 2.64. The zero-order valence-corrected chi connectivity index (χ0v) is 11.2. The van der Waals surface area contributed by atoms with Gasteiger partial charge in [0.1, 0.15) is 0 Å². The van der Waals surface area contributed by atoms with E-state index in [-0.39, 0.29) is 0 Å². The van der Waals surface area contributed by atoms with Crippen molar-refractivity contribution in [1.82, 2.24) is 10.2 Å². The number of hydrogen-bond donors (Lipinski definition) is 1. The Morgan fingerprint density at radius 1 is 1.06 bits per heavy atom. The van der Waals surface area contributed by atoms with Crippen molar-refractivity contribution in [3.63, 3.8) is 0 Å². The second-order valence-corrected chi connectivity index (χ2v) is 6.23. The van der Waals surface area contributed by atoms with Crippen LogP contribution >= 0.6 is 0 Å². The van der Waals surface area contributed by atoms with Gasteiger partial charge in [0.05, 0.1) is 0 Å². The lowest BCUT2D eigenvalue weighted by atomic mass is 9.94. The van der Waals surface area contributed by atoms with E-state index in [2.05, 4.69) is 31.0 Å². The average molecular weight is 224 g/mol. The fourth-order valence-electron chi connectivity index (χ4n) is 3.36. The van der Waals surface area contributed by atoms with Crippen molar-refractivity contribution in [3.8, 4) is 0 Å². The van der Waals surface area contributed by atoms with Crippen LogP contribution in [-0.2, 0) is 0 Å². The third-order valence-corrected chi connectivity index (χ3v) is 4.24. The van der Waals surface area contributed by atoms with Crippen LogP contribution in [0.25, 0.3) is 0 Å². The summed E-state index contributed by atoms with van der Waals surface area (Å²) in [5.74, 6) is 0.857. The van der Waals surface area contributed by atoms with Gasteiger partial charge in [-0.1, -0.05) is 19.8 Å². The van der Waals surface area contributed by atoms with Crippen molar-refractivity contribution in [1.29, 1.82) is 0 Å². The van der Waals surface area contributed by atoms with E-state index in [1.807, 2.05) is 0 Å². The van der Waals surface area contributed by atoms with Crippen LogP contribution in [0.3, 0.4) is 0 Å². The first-order valence-electron chi connectivity index (χ1n) is 7.15. The quantitative estimate of drug-likeness (QED) is 0.793. The monoisotopic (exact) mass is 224 g/mol. The molecule has 1 saturated heterocycles. The van der Waals surface area contributed by atoms with E-state index in [4.69, 9.17) is 0 Å². The summed E-state index contributed by atoms with van der Waals surface area (Å²) in [7, 11) is 0. The van der Waals surface area contributed by atoms with E-state index in [0.29, 0.717) is 6.04 Å². The molecule has 0 aromatic rings. The standard InChI is InChI=1S/C14H28N2/c1-11(2)16-9-12(3)8-14(10-16)15-13-6-4-5-7-13/h11-15H,4-10H2,1-3H3. The molecule has 0 amide bonds. The molecule has 1 saturated carbocycles. The van der Waals surface area contributed by atoms with Crippen LogP contribution in [-0.4, -0.2) is 36.1 Å². The van der Waals surface area contributed by atoms with Gasteiger partial charge in [-0.05, 0) is 39.0 Å². The van der Waals surface area contributed by atoms with Crippen LogP contribution in [0.5, 0.6) is 0 Å². The van der Waals surface area contributed by atoms with Gasteiger partial charge >= 0.3 is 0 Å². The highest BCUT2D eigenvalue weighted by Gasteiger charge is 2.28. The molecule has 2 heteroatoms. The van der Waals surface area contributed by atoms with Crippen LogP contribution in [0.15, 0.2) is 0 Å². The minimum Gasteiger partial charge on any atom is -0.310 e. The first-order valence-corrected chi connectivity index (χ1v) is 7.15. The van der Waals surface area contributed by atoms with Crippen LogP contribution < -0.4 is 5.32 Å². The Morgan fingerprint density at radius 3 is 2.38 bits per heavy atom. The molecule has 2 fully saturated rings. The Hall–Kier alpha value is -0.0800. The molecule has 1 N–H and O–H groups in total. The number of piperidine rings is 1. The van der Waals surface area contributed by atoms with Crippen molar-refractivity contribution in [2.24, 2.45) is 5.92 Å². The van der Waals surface area contributed by atoms with Gasteiger partial charge < -0.3 is 5.32 Å². The van der Waals surface area contributed by atoms with Crippen molar-refractivity contribution in [2.75, 3.05) is 13.1 Å². The van der Waals surface area contributed by atoms with Gasteiger partial charge in [-0.15, -0.1) is 0 Å². The molecule has 0 radical (unpaired) electrons. The van der Waals surface area contributed by atoms with E-state index in [1.165, 1.54) is 45.2 Å². The highest BCUT2D eigenvalue weighted by Crippen LogP contribution is 2.22. The lowest BCUT2D eigenvalue weighted by molar-refractivity contribution is 0.114. The van der Waals surface area contributed by atoms with Crippen LogP contribution in [0.2, 0.25) is 0 Å². The molecule has 2 aliphatic rings. The van der Waals surface area contributed by atoms with Crippen molar-refractivity contribution >= 4 is 0 Å². The number of likely N-dealkylation sites (tertiary alicyclic amines) is 1. The van der Waals surface area contributed by atoms with Gasteiger partial charge in [0.15, 0.2) is 0 Å². The van der Waals surface area contributed by atoms with Crippen molar-refractivity contribution in [3.05, 3.63) is 0 Å². The Labute approximate surface area is 101 Å². The lowest BCUT2D eigenvalue weighted by Gasteiger charge is -2.40. The summed E-state index contributed by atoms with van der Waals surface area (Å²) in [6, 6.07) is 2.27. The molecule has 16 heavy (non-hydrogen) atoms. The SMILES string of the molecule is CC1CC(NC2CCCC2)CN(C(C)C)C1. The van der Waals surface area contributed by atoms with Crippen LogP contribution in [0.4, 0.5) is 0 Å². The van der Waals surface area contributed by atoms with Crippen LogP contribution in [0.1, 0.15) is 52.9 Å². The summed E-state index contributed by atoms with van der Waals surface area (Å²) in [6.45, 7) is 9.60. The lowest BCUT2D eigenvalue weighted by Crippen LogP contribution is -2.52. The van der Waals surface area contributed by atoms with Gasteiger partial charge in [-0.2, -0.15) is 0 Å². The molecular weight excluding hydrogens is 196 g/mol. The summed E-state index contributed by atoms with van der Waals surface area (Å²) in [6.07, 6.45) is 7.07. The second kappa shape index (κ2) is 5.50. The molecule has 2 unspecified atom stereocenters. The van der Waals surface area contributed by atoms with Gasteiger partial charge in [-0.3, -0.25) is 4.90 Å². The molecule has 2 rings (SSSR count). The summed E-state index contributed by atoms with van der Waals surface area (Å²) in [5, 5.41) is 3.89. The molecular formula is C14H28N2. The van der Waals surface area contributed by atoms with E-state index in [1.54, 1.807) is 0 Å². The topological polar surface area (TPSA) is 15.3 Å². The zero-order chi connectivity index (χ0) is 11.5. The largest absolute Gasteiger partial charge is 0.310 e. The zero-order valence-electron chi connectivity index (χ0n) is 11.2. The highest BCUT2D eigenvalue weighted by molar-refractivity contribution is 4.86. The first kappa shape index (κ1) is 12.4. The Balaban J connectivity index is 1.83. The predicted octanol–water partition coefficient (Wildman–Crippen LogP) is 2.64. The van der Waals surface area contributed by atoms with E-state index in [0.717, 1.165) is 18.0 Å². The fraction of sp³-hybridized carbons (Fsp3) is 1.00. The molecule has 0 bridgehead atoms. The molecule has 0 aromatic heterocycles. The number of hydrogen-bond acceptors (Lipinski definition) is 2. The minimum absolute atomic E-state index is 0.704. The number of rotatable bonds is 3. The first-order chi connectivity index (χ1) is 7.65. The number of nitrogens with one attached hydrogen (secondary N) is 1. The number of nitrogens with zero attached hydrogens (tertiary/aromatic N) is 1. The molecule has 0 spiro atoms. The molecule has 1 heterocycles. The average Bonchev–Trinajstić information content (AvgIpc) is 2.69. The van der Waals surface area contributed by atoms with Crippen molar-refractivity contribution in [2.45, 2.75) is 71.0 Å². The maximum atomic E-state index is 3.89. The Morgan fingerprint density at radius 2 is 1.75 bits per heavy atom. The normalized spacial score (nSPS) is 33.8. The second-order valence-electron chi connectivity index (χ2n) is 6.23. The maximum Gasteiger partial charge on any atom is 0.0200 e. The molecule has 94 valence electrons. The third kappa shape index (κ3) is 3.21. The highest BCUT2D eigenvalue weighted by atomic mass is 15.2. The Kier molecular flexibility index (Phi) is 4.26. The minimum atomic E-state index is 0.704. The van der Waals surface area contributed by atoms with Crippen molar-refractivity contribution < 1.29 is 0 Å². The predicted molar refractivity (Wildman–Crippen MR) is 69.7 cm³/mol. The summed E-state index contributed by atoms with van der Waals surface area (Å²) < 4.78 is 0. The summed E-state index contributed by atoms with van der Waals surface area (Å²) >= 11 is 0. The molecule has 2 atom stereocenters. The van der Waals surface area contributed by atoms with Crippen LogP contribution in [0, 0.1) is 5.92 Å². The molecule has 1 aliphatic heterocycles. The van der Waals surface area contributed by atoms with Gasteiger partial charge in [0.25, 0.3) is 0 Å². The van der Waals surface area contributed by atoms with Gasteiger partial charge in [0.2, 0.25) is 0 Å². The fourth-order valence-corrected chi connectivity index (χ4v) is 3.36. The molecule has 2 nitrogen and oxygen atoms in total. The van der Waals surface area contributed by atoms with Gasteiger partial charge in [0, 0.05) is 31.2 Å². The van der Waals surface area contributed by atoms with E-state index >= 15 is 0 Å². The summed E-state index contributed by atoms with van der Waals surface area (Å²) in [5.41, 5.74) is 0. The molecule has 1 aliphatic carbocycles. The van der Waals surface area contributed by atoms with E-state index < -0.39 is 0 Å². The maximum absolute atomic E-state index is 3.89. The smallest absolute Gasteiger partial charge is 0.0200 e. The Bertz CT molecular complexity index is 207. The van der Waals surface area contributed by atoms with Gasteiger partial charge in [-0.25, -0.2) is 0 Å². The molecule has 0 aromatic carbocycles. The van der Waals surface area contributed by atoms with E-state index in [9.17, 15) is 0 Å².